The van der Waals surface area contributed by atoms with Crippen LogP contribution in [0, 0.1) is 13.8 Å². The quantitative estimate of drug-likeness (QED) is 0.517. The monoisotopic (exact) mass is 371 g/mol. The van der Waals surface area contributed by atoms with Gasteiger partial charge in [0, 0.05) is 17.0 Å². The normalized spacial score (nSPS) is 11.2. The fraction of sp³-hybridized carbons (Fsp3) is 0.174. The third-order valence-electron chi connectivity index (χ3n) is 5.14. The van der Waals surface area contributed by atoms with E-state index in [1.165, 1.54) is 0 Å². The van der Waals surface area contributed by atoms with Crippen LogP contribution >= 0.6 is 0 Å². The first-order valence-electron chi connectivity index (χ1n) is 9.19. The van der Waals surface area contributed by atoms with E-state index in [0.29, 0.717) is 11.4 Å². The van der Waals surface area contributed by atoms with Gasteiger partial charge < -0.3 is 10.8 Å². The number of hydrogen-bond donors (Lipinski definition) is 2. The molecule has 2 heterocycles. The number of fused-ring (bicyclic) bond motifs is 3. The zero-order chi connectivity index (χ0) is 19.8. The Balaban J connectivity index is 1.68. The largest absolute Gasteiger partial charge is 0.478 e. The molecule has 0 bridgehead atoms. The van der Waals surface area contributed by atoms with E-state index in [-0.39, 0.29) is 0 Å². The van der Waals surface area contributed by atoms with Gasteiger partial charge in [0.1, 0.15) is 5.52 Å². The van der Waals surface area contributed by atoms with E-state index >= 15 is 0 Å². The molecular formula is C23H21N3O2. The Morgan fingerprint density at radius 2 is 1.86 bits per heavy atom. The minimum atomic E-state index is -0.901. The van der Waals surface area contributed by atoms with Crippen molar-refractivity contribution in [2.75, 3.05) is 5.73 Å². The summed E-state index contributed by atoms with van der Waals surface area (Å²) >= 11 is 0. The van der Waals surface area contributed by atoms with Gasteiger partial charge in [0.25, 0.3) is 0 Å². The van der Waals surface area contributed by atoms with Crippen LogP contribution in [0.5, 0.6) is 0 Å². The molecule has 0 spiro atoms. The topological polar surface area (TPSA) is 89.1 Å². The zero-order valence-electron chi connectivity index (χ0n) is 15.9. The average molecular weight is 371 g/mol. The number of nitrogens with zero attached hydrogens (tertiary/aromatic N) is 2. The molecule has 0 atom stereocenters. The van der Waals surface area contributed by atoms with Crippen molar-refractivity contribution in [1.29, 1.82) is 0 Å². The molecule has 0 unspecified atom stereocenters. The van der Waals surface area contributed by atoms with Gasteiger partial charge in [0.05, 0.1) is 11.1 Å². The van der Waals surface area contributed by atoms with Crippen molar-refractivity contribution in [1.82, 2.24) is 9.97 Å². The van der Waals surface area contributed by atoms with Crippen LogP contribution in [-0.4, -0.2) is 21.0 Å². The summed E-state index contributed by atoms with van der Waals surface area (Å²) in [7, 11) is 0. The van der Waals surface area contributed by atoms with Crippen LogP contribution in [0.4, 0.5) is 5.82 Å². The lowest BCUT2D eigenvalue weighted by Gasteiger charge is -2.10. The molecular weight excluding hydrogens is 350 g/mol. The predicted octanol–water partition coefficient (Wildman–Crippen LogP) is 4.47. The number of pyridine rings is 2. The molecule has 0 saturated heterocycles. The highest BCUT2D eigenvalue weighted by Gasteiger charge is 2.10. The van der Waals surface area contributed by atoms with Crippen LogP contribution in [0.1, 0.15) is 32.6 Å². The standard InChI is InChI=1S/C23H21N3O2/c1-13-3-8-18-19-11-15(12-25-21(19)22(24)26-20(18)9-13)4-5-16-6-7-17(23(27)28)10-14(16)2/h3,6-12H,4-5H2,1-2H3,(H2,24,26)(H,27,28). The van der Waals surface area contributed by atoms with Crippen molar-refractivity contribution in [2.45, 2.75) is 26.7 Å². The van der Waals surface area contributed by atoms with E-state index in [0.717, 1.165) is 56.9 Å². The second kappa shape index (κ2) is 6.93. The first kappa shape index (κ1) is 17.9. The number of aryl methyl sites for hydroxylation is 4. The summed E-state index contributed by atoms with van der Waals surface area (Å²) in [5, 5.41) is 11.2. The first-order valence-corrected chi connectivity index (χ1v) is 9.19. The van der Waals surface area contributed by atoms with Gasteiger partial charge in [-0.25, -0.2) is 9.78 Å². The Morgan fingerprint density at radius 3 is 2.61 bits per heavy atom. The molecule has 0 amide bonds. The Kier molecular flexibility index (Phi) is 4.43. The van der Waals surface area contributed by atoms with Crippen molar-refractivity contribution >= 4 is 33.6 Å². The molecule has 28 heavy (non-hydrogen) atoms. The highest BCUT2D eigenvalue weighted by Crippen LogP contribution is 2.28. The number of carbonyl (C=O) groups is 1. The van der Waals surface area contributed by atoms with Crippen LogP contribution in [0.3, 0.4) is 0 Å². The average Bonchev–Trinajstić information content (AvgIpc) is 2.66. The SMILES string of the molecule is Cc1ccc2c(c1)nc(N)c1ncc(CCc3ccc(C(=O)O)cc3C)cc12. The summed E-state index contributed by atoms with van der Waals surface area (Å²) in [5.74, 6) is -0.457. The van der Waals surface area contributed by atoms with Crippen molar-refractivity contribution in [3.05, 3.63) is 76.5 Å². The van der Waals surface area contributed by atoms with Crippen molar-refractivity contribution in [2.24, 2.45) is 0 Å². The smallest absolute Gasteiger partial charge is 0.335 e. The molecule has 0 aliphatic rings. The number of benzene rings is 2. The van der Waals surface area contributed by atoms with Gasteiger partial charge >= 0.3 is 5.97 Å². The lowest BCUT2D eigenvalue weighted by Crippen LogP contribution is -2.01. The molecule has 4 rings (SSSR count). The van der Waals surface area contributed by atoms with Crippen molar-refractivity contribution in [3.8, 4) is 0 Å². The van der Waals surface area contributed by atoms with E-state index in [1.54, 1.807) is 12.1 Å². The van der Waals surface area contributed by atoms with Gasteiger partial charge in [-0.15, -0.1) is 0 Å². The van der Waals surface area contributed by atoms with Crippen LogP contribution < -0.4 is 5.73 Å². The van der Waals surface area contributed by atoms with Gasteiger partial charge in [-0.1, -0.05) is 18.2 Å². The maximum Gasteiger partial charge on any atom is 0.335 e. The summed E-state index contributed by atoms with van der Waals surface area (Å²) in [5.41, 5.74) is 12.4. The summed E-state index contributed by atoms with van der Waals surface area (Å²) in [6, 6.07) is 13.6. The van der Waals surface area contributed by atoms with E-state index < -0.39 is 5.97 Å². The molecule has 2 aromatic carbocycles. The minimum absolute atomic E-state index is 0.318. The number of aromatic nitrogens is 2. The lowest BCUT2D eigenvalue weighted by atomic mass is 9.98. The Morgan fingerprint density at radius 1 is 1.04 bits per heavy atom. The number of rotatable bonds is 4. The van der Waals surface area contributed by atoms with Crippen LogP contribution in [0.25, 0.3) is 21.8 Å². The zero-order valence-corrected chi connectivity index (χ0v) is 15.9. The number of nitrogens with two attached hydrogens (primary N) is 1. The Bertz CT molecular complexity index is 1230. The number of carboxylic acid groups (broad SMARTS) is 1. The van der Waals surface area contributed by atoms with Crippen molar-refractivity contribution in [3.63, 3.8) is 0 Å². The summed E-state index contributed by atoms with van der Waals surface area (Å²) in [4.78, 5) is 20.1. The fourth-order valence-corrected chi connectivity index (χ4v) is 3.59. The molecule has 0 saturated carbocycles. The van der Waals surface area contributed by atoms with Crippen LogP contribution in [-0.2, 0) is 12.8 Å². The minimum Gasteiger partial charge on any atom is -0.478 e. The van der Waals surface area contributed by atoms with Crippen LogP contribution in [0.2, 0.25) is 0 Å². The number of nitrogen functional groups attached to an aromatic ring is 1. The van der Waals surface area contributed by atoms with Gasteiger partial charge in [-0.05, 0) is 73.2 Å². The van der Waals surface area contributed by atoms with Crippen LogP contribution in [0.15, 0.2) is 48.7 Å². The third-order valence-corrected chi connectivity index (χ3v) is 5.14. The summed E-state index contributed by atoms with van der Waals surface area (Å²) in [6.07, 6.45) is 3.48. The maximum atomic E-state index is 11.1. The highest BCUT2D eigenvalue weighted by molar-refractivity contribution is 6.08. The molecule has 5 nitrogen and oxygen atoms in total. The Labute approximate surface area is 162 Å². The molecule has 4 aromatic rings. The Hall–Kier alpha value is -3.47. The summed E-state index contributed by atoms with van der Waals surface area (Å²) < 4.78 is 0. The van der Waals surface area contributed by atoms with Gasteiger partial charge in [-0.2, -0.15) is 0 Å². The third kappa shape index (κ3) is 3.27. The molecule has 0 fully saturated rings. The number of hydrogen-bond acceptors (Lipinski definition) is 4. The van der Waals surface area contributed by atoms with Gasteiger partial charge in [0.15, 0.2) is 5.82 Å². The maximum absolute atomic E-state index is 11.1. The van der Waals surface area contributed by atoms with E-state index in [1.807, 2.05) is 32.2 Å². The molecule has 0 radical (unpaired) electrons. The predicted molar refractivity (Wildman–Crippen MR) is 112 cm³/mol. The fourth-order valence-electron chi connectivity index (χ4n) is 3.59. The van der Waals surface area contributed by atoms with Gasteiger partial charge in [0.2, 0.25) is 0 Å². The number of aromatic carboxylic acids is 1. The highest BCUT2D eigenvalue weighted by atomic mass is 16.4. The second-order valence-corrected chi connectivity index (χ2v) is 7.20. The molecule has 2 aromatic heterocycles. The van der Waals surface area contributed by atoms with E-state index in [4.69, 9.17) is 10.8 Å². The summed E-state index contributed by atoms with van der Waals surface area (Å²) in [6.45, 7) is 3.98. The second-order valence-electron chi connectivity index (χ2n) is 7.20. The number of anilines is 1. The lowest BCUT2D eigenvalue weighted by molar-refractivity contribution is 0.0696. The van der Waals surface area contributed by atoms with E-state index in [9.17, 15) is 4.79 Å². The van der Waals surface area contributed by atoms with Gasteiger partial charge in [-0.3, -0.25) is 4.98 Å². The molecule has 0 aliphatic carbocycles. The molecule has 3 N–H and O–H groups in total. The molecule has 5 heteroatoms. The number of carboxylic acids is 1. The van der Waals surface area contributed by atoms with E-state index in [2.05, 4.69) is 28.2 Å². The van der Waals surface area contributed by atoms with Crippen molar-refractivity contribution < 1.29 is 9.90 Å². The molecule has 0 aliphatic heterocycles. The first-order chi connectivity index (χ1) is 13.4. The molecule has 140 valence electrons.